The number of benzene rings is 2. The van der Waals surface area contributed by atoms with Crippen molar-refractivity contribution < 1.29 is 31.9 Å². The molecule has 34 heavy (non-hydrogen) atoms. The van der Waals surface area contributed by atoms with Crippen LogP contribution in [-0.4, -0.2) is 47.5 Å². The molecule has 3 rings (SSSR count). The summed E-state index contributed by atoms with van der Waals surface area (Å²) in [5.41, 5.74) is 0.880. The summed E-state index contributed by atoms with van der Waals surface area (Å²) < 4.78 is 42.0. The second-order valence-electron chi connectivity index (χ2n) is 7.27. The van der Waals surface area contributed by atoms with Crippen molar-refractivity contribution in [1.82, 2.24) is 10.6 Å². The molecule has 0 spiro atoms. The lowest BCUT2D eigenvalue weighted by molar-refractivity contribution is -0.139. The highest BCUT2D eigenvalue weighted by Crippen LogP contribution is 2.29. The highest BCUT2D eigenvalue weighted by atomic mass is 32.2. The minimum Gasteiger partial charge on any atom is -0.493 e. The van der Waals surface area contributed by atoms with Gasteiger partial charge in [0.05, 0.1) is 25.4 Å². The van der Waals surface area contributed by atoms with Crippen LogP contribution in [0.5, 0.6) is 11.5 Å². The van der Waals surface area contributed by atoms with Crippen molar-refractivity contribution in [2.24, 2.45) is 0 Å². The predicted octanol–water partition coefficient (Wildman–Crippen LogP) is 2.29. The molecule has 0 unspecified atom stereocenters. The summed E-state index contributed by atoms with van der Waals surface area (Å²) in [6.45, 7) is -0.127. The molecule has 9 nitrogen and oxygen atoms in total. The molecular weight excluding hydrogens is 460 g/mol. The summed E-state index contributed by atoms with van der Waals surface area (Å²) in [5, 5.41) is 3.75. The Bertz CT molecular complexity index is 1210. The third kappa shape index (κ3) is 5.96. The standard InChI is InChI=1S/C24H26N2O7S/c1-31-19-11-10-17(15-21(19)32-2)12-13-25-23(27)24(28)26-16-22(20-9-6-14-33-20)34(29,30)18-7-4-3-5-8-18/h3-11,14-15,22H,12-13,16H2,1-2H3,(H,25,27)(H,26,28)/t22-/m1/s1. The van der Waals surface area contributed by atoms with Crippen molar-refractivity contribution in [3.63, 3.8) is 0 Å². The molecule has 2 aromatic carbocycles. The van der Waals surface area contributed by atoms with E-state index in [1.54, 1.807) is 36.4 Å². The lowest BCUT2D eigenvalue weighted by atomic mass is 10.1. The maximum atomic E-state index is 13.1. The molecule has 180 valence electrons. The molecule has 10 heteroatoms. The van der Waals surface area contributed by atoms with Crippen LogP contribution in [0, 0.1) is 0 Å². The van der Waals surface area contributed by atoms with Crippen LogP contribution in [0.4, 0.5) is 0 Å². The van der Waals surface area contributed by atoms with Crippen molar-refractivity contribution in [1.29, 1.82) is 0 Å². The topological polar surface area (TPSA) is 124 Å². The molecule has 0 saturated carbocycles. The van der Waals surface area contributed by atoms with Gasteiger partial charge in [-0.2, -0.15) is 0 Å². The quantitative estimate of drug-likeness (QED) is 0.421. The second kappa shape index (κ2) is 11.4. The van der Waals surface area contributed by atoms with Gasteiger partial charge in [-0.05, 0) is 48.4 Å². The fourth-order valence-corrected chi connectivity index (χ4v) is 4.92. The largest absolute Gasteiger partial charge is 0.493 e. The number of nitrogens with one attached hydrogen (secondary N) is 2. The lowest BCUT2D eigenvalue weighted by Crippen LogP contribution is -2.42. The van der Waals surface area contributed by atoms with Crippen molar-refractivity contribution >= 4 is 21.7 Å². The van der Waals surface area contributed by atoms with E-state index in [-0.39, 0.29) is 23.7 Å². The highest BCUT2D eigenvalue weighted by molar-refractivity contribution is 7.91. The molecule has 0 aliphatic rings. The molecule has 0 fully saturated rings. The maximum absolute atomic E-state index is 13.1. The van der Waals surface area contributed by atoms with Crippen molar-refractivity contribution in [3.8, 4) is 11.5 Å². The smallest absolute Gasteiger partial charge is 0.309 e. The summed E-state index contributed by atoms with van der Waals surface area (Å²) in [7, 11) is -0.804. The molecule has 1 heterocycles. The number of carbonyl (C=O) groups excluding carboxylic acids is 2. The van der Waals surface area contributed by atoms with Gasteiger partial charge in [0.2, 0.25) is 0 Å². The average molecular weight is 487 g/mol. The zero-order chi connectivity index (χ0) is 24.6. The zero-order valence-corrected chi connectivity index (χ0v) is 19.6. The summed E-state index contributed by atoms with van der Waals surface area (Å²) in [4.78, 5) is 24.6. The van der Waals surface area contributed by atoms with Crippen LogP contribution in [0.15, 0.2) is 76.2 Å². The summed E-state index contributed by atoms with van der Waals surface area (Å²) in [6.07, 6.45) is 1.81. The fourth-order valence-electron chi connectivity index (χ4n) is 3.31. The molecule has 1 aromatic heterocycles. The number of ether oxygens (including phenoxy) is 2. The summed E-state index contributed by atoms with van der Waals surface area (Å²) >= 11 is 0. The van der Waals surface area contributed by atoms with Gasteiger partial charge in [-0.25, -0.2) is 8.42 Å². The minimum atomic E-state index is -3.87. The first-order valence-electron chi connectivity index (χ1n) is 10.5. The number of hydrogen-bond acceptors (Lipinski definition) is 7. The van der Waals surface area contributed by atoms with E-state index in [1.165, 1.54) is 38.7 Å². The van der Waals surface area contributed by atoms with Gasteiger partial charge in [-0.3, -0.25) is 9.59 Å². The van der Waals surface area contributed by atoms with Crippen molar-refractivity contribution in [2.45, 2.75) is 16.6 Å². The Hall–Kier alpha value is -3.79. The monoisotopic (exact) mass is 486 g/mol. The van der Waals surface area contributed by atoms with E-state index in [0.29, 0.717) is 17.9 Å². The summed E-state index contributed by atoms with van der Waals surface area (Å²) in [6, 6.07) is 16.3. The molecule has 3 aromatic rings. The van der Waals surface area contributed by atoms with Crippen molar-refractivity contribution in [3.05, 3.63) is 78.3 Å². The van der Waals surface area contributed by atoms with E-state index in [4.69, 9.17) is 13.9 Å². The zero-order valence-electron chi connectivity index (χ0n) is 18.8. The Morgan fingerprint density at radius 1 is 0.912 bits per heavy atom. The lowest BCUT2D eigenvalue weighted by Gasteiger charge is -2.16. The van der Waals surface area contributed by atoms with Gasteiger partial charge in [0.15, 0.2) is 21.3 Å². The molecule has 0 radical (unpaired) electrons. The van der Waals surface area contributed by atoms with E-state index in [0.717, 1.165) is 5.56 Å². The Balaban J connectivity index is 1.59. The van der Waals surface area contributed by atoms with Crippen LogP contribution in [0.3, 0.4) is 0 Å². The maximum Gasteiger partial charge on any atom is 0.309 e. The average Bonchev–Trinajstić information content (AvgIpc) is 3.38. The van der Waals surface area contributed by atoms with Gasteiger partial charge in [0.1, 0.15) is 11.0 Å². The number of methoxy groups -OCH3 is 2. The van der Waals surface area contributed by atoms with Gasteiger partial charge in [-0.1, -0.05) is 24.3 Å². The first-order valence-corrected chi connectivity index (χ1v) is 12.0. The number of amides is 2. The first kappa shape index (κ1) is 24.8. The number of hydrogen-bond donors (Lipinski definition) is 2. The molecule has 0 aliphatic carbocycles. The third-order valence-electron chi connectivity index (χ3n) is 5.11. The van der Waals surface area contributed by atoms with E-state index in [2.05, 4.69) is 10.6 Å². The predicted molar refractivity (Wildman–Crippen MR) is 124 cm³/mol. The molecule has 0 bridgehead atoms. The Kier molecular flexibility index (Phi) is 8.31. The van der Waals surface area contributed by atoms with Crippen LogP contribution < -0.4 is 20.1 Å². The Labute approximate surface area is 198 Å². The molecule has 0 aliphatic heterocycles. The van der Waals surface area contributed by atoms with Crippen LogP contribution in [0.1, 0.15) is 16.6 Å². The molecular formula is C24H26N2O7S. The minimum absolute atomic E-state index is 0.0880. The van der Waals surface area contributed by atoms with Gasteiger partial charge < -0.3 is 24.5 Å². The van der Waals surface area contributed by atoms with Gasteiger partial charge >= 0.3 is 11.8 Å². The Morgan fingerprint density at radius 3 is 2.26 bits per heavy atom. The van der Waals surface area contributed by atoms with Gasteiger partial charge in [0, 0.05) is 13.1 Å². The number of sulfone groups is 1. The molecule has 2 amide bonds. The second-order valence-corrected chi connectivity index (χ2v) is 9.40. The van der Waals surface area contributed by atoms with E-state index in [1.807, 2.05) is 6.07 Å². The van der Waals surface area contributed by atoms with Crippen LogP contribution in [-0.2, 0) is 25.8 Å². The number of rotatable bonds is 10. The first-order chi connectivity index (χ1) is 16.4. The van der Waals surface area contributed by atoms with Crippen LogP contribution in [0.25, 0.3) is 0 Å². The Morgan fingerprint density at radius 2 is 1.62 bits per heavy atom. The fraction of sp³-hybridized carbons (Fsp3) is 0.250. The van der Waals surface area contributed by atoms with Gasteiger partial charge in [0.25, 0.3) is 0 Å². The van der Waals surface area contributed by atoms with E-state index >= 15 is 0 Å². The summed E-state index contributed by atoms with van der Waals surface area (Å²) in [5.74, 6) is -0.486. The number of carbonyl (C=O) groups is 2. The van der Waals surface area contributed by atoms with E-state index in [9.17, 15) is 18.0 Å². The molecule has 1 atom stereocenters. The van der Waals surface area contributed by atoms with E-state index < -0.39 is 26.9 Å². The highest BCUT2D eigenvalue weighted by Gasteiger charge is 2.32. The van der Waals surface area contributed by atoms with Crippen LogP contribution in [0.2, 0.25) is 0 Å². The normalized spacial score (nSPS) is 11.9. The van der Waals surface area contributed by atoms with Crippen molar-refractivity contribution in [2.75, 3.05) is 27.3 Å². The molecule has 2 N–H and O–H groups in total. The SMILES string of the molecule is COc1ccc(CCNC(=O)C(=O)NC[C@H](c2ccco2)S(=O)(=O)c2ccccc2)cc1OC. The van der Waals surface area contributed by atoms with Crippen LogP contribution >= 0.6 is 0 Å². The number of furan rings is 1. The molecule has 0 saturated heterocycles. The van der Waals surface area contributed by atoms with Gasteiger partial charge in [-0.15, -0.1) is 0 Å². The third-order valence-corrected chi connectivity index (χ3v) is 7.19.